The molecule has 5 heteroatoms. The van der Waals surface area contributed by atoms with Crippen LogP contribution in [0.3, 0.4) is 0 Å². The summed E-state index contributed by atoms with van der Waals surface area (Å²) in [5.74, 6) is 1.77. The van der Waals surface area contributed by atoms with Crippen molar-refractivity contribution < 1.29 is 4.74 Å². The summed E-state index contributed by atoms with van der Waals surface area (Å²) in [7, 11) is 1.68. The Bertz CT molecular complexity index is 470. The number of halogens is 1. The predicted molar refractivity (Wildman–Crippen MR) is 69.5 cm³/mol. The highest BCUT2D eigenvalue weighted by Crippen LogP contribution is 2.18. The summed E-state index contributed by atoms with van der Waals surface area (Å²) in [6.45, 7) is 1.18. The molecule has 0 fully saturated rings. The second kappa shape index (κ2) is 6.27. The third-order valence-electron chi connectivity index (χ3n) is 2.52. The molecule has 17 heavy (non-hydrogen) atoms. The first-order valence-electron chi connectivity index (χ1n) is 5.17. The lowest BCUT2D eigenvalue weighted by Gasteiger charge is -2.10. The Morgan fingerprint density at radius 1 is 1.35 bits per heavy atom. The van der Waals surface area contributed by atoms with E-state index >= 15 is 0 Å². The number of aromatic nitrogens is 2. The Hall–Kier alpha value is -1.52. The Labute approximate surface area is 107 Å². The van der Waals surface area contributed by atoms with Gasteiger partial charge >= 0.3 is 0 Å². The van der Waals surface area contributed by atoms with Crippen molar-refractivity contribution in [2.24, 2.45) is 5.73 Å². The molecule has 92 valence electrons. The summed E-state index contributed by atoms with van der Waals surface area (Å²) in [5.41, 5.74) is 6.73. The minimum absolute atomic E-state index is 0. The summed E-state index contributed by atoms with van der Waals surface area (Å²) in [5, 5.41) is 0. The standard InChI is InChI=1S/C12H15N3O.ClH/c1-16-11-5-3-2-4-10(11)9-15-7-6-14-12(15)8-13;/h2-7H,8-9,13H2,1H3;1H. The van der Waals surface area contributed by atoms with Crippen LogP contribution in [0.5, 0.6) is 5.75 Å². The quantitative estimate of drug-likeness (QED) is 0.904. The van der Waals surface area contributed by atoms with Gasteiger partial charge in [-0.05, 0) is 6.07 Å². The van der Waals surface area contributed by atoms with Crippen LogP contribution < -0.4 is 10.5 Å². The predicted octanol–water partition coefficient (Wildman–Crippen LogP) is 1.82. The van der Waals surface area contributed by atoms with Crippen LogP contribution >= 0.6 is 12.4 Å². The lowest BCUT2D eigenvalue weighted by molar-refractivity contribution is 0.408. The summed E-state index contributed by atoms with van der Waals surface area (Å²) >= 11 is 0. The fourth-order valence-corrected chi connectivity index (χ4v) is 1.69. The van der Waals surface area contributed by atoms with Crippen molar-refractivity contribution in [2.45, 2.75) is 13.1 Å². The smallest absolute Gasteiger partial charge is 0.123 e. The van der Waals surface area contributed by atoms with Crippen LogP contribution in [0, 0.1) is 0 Å². The molecule has 0 spiro atoms. The largest absolute Gasteiger partial charge is 0.496 e. The molecule has 0 saturated carbocycles. The van der Waals surface area contributed by atoms with Crippen LogP contribution in [0.2, 0.25) is 0 Å². The SMILES string of the molecule is COc1ccccc1Cn1ccnc1CN.Cl. The highest BCUT2D eigenvalue weighted by molar-refractivity contribution is 5.85. The van der Waals surface area contributed by atoms with Gasteiger partial charge in [-0.1, -0.05) is 18.2 Å². The van der Waals surface area contributed by atoms with Crippen molar-refractivity contribution in [1.29, 1.82) is 0 Å². The fraction of sp³-hybridized carbons (Fsp3) is 0.250. The van der Waals surface area contributed by atoms with Crippen LogP contribution in [0.1, 0.15) is 11.4 Å². The average Bonchev–Trinajstić information content (AvgIpc) is 2.77. The van der Waals surface area contributed by atoms with E-state index in [2.05, 4.69) is 4.98 Å². The fourth-order valence-electron chi connectivity index (χ4n) is 1.69. The summed E-state index contributed by atoms with van der Waals surface area (Å²) in [4.78, 5) is 4.18. The number of hydrogen-bond acceptors (Lipinski definition) is 3. The van der Waals surface area contributed by atoms with Gasteiger partial charge in [0.05, 0.1) is 20.2 Å². The number of imidazole rings is 1. The molecular formula is C12H16ClN3O. The van der Waals surface area contributed by atoms with Crippen LogP contribution in [0.15, 0.2) is 36.7 Å². The number of hydrogen-bond donors (Lipinski definition) is 1. The molecule has 1 heterocycles. The average molecular weight is 254 g/mol. The van der Waals surface area contributed by atoms with Crippen molar-refractivity contribution in [3.63, 3.8) is 0 Å². The van der Waals surface area contributed by atoms with Crippen molar-refractivity contribution in [1.82, 2.24) is 9.55 Å². The van der Waals surface area contributed by atoms with Crippen LogP contribution in [-0.4, -0.2) is 16.7 Å². The van der Waals surface area contributed by atoms with Gasteiger partial charge in [0.1, 0.15) is 11.6 Å². The first kappa shape index (κ1) is 13.5. The lowest BCUT2D eigenvalue weighted by Crippen LogP contribution is -2.09. The summed E-state index contributed by atoms with van der Waals surface area (Å²) in [6.07, 6.45) is 3.69. The molecule has 0 bridgehead atoms. The number of nitrogens with two attached hydrogens (primary N) is 1. The Balaban J connectivity index is 0.00000144. The van der Waals surface area contributed by atoms with Gasteiger partial charge in [-0.2, -0.15) is 0 Å². The molecule has 0 aliphatic carbocycles. The molecule has 0 atom stereocenters. The van der Waals surface area contributed by atoms with E-state index in [0.717, 1.165) is 23.7 Å². The van der Waals surface area contributed by atoms with E-state index < -0.39 is 0 Å². The maximum Gasteiger partial charge on any atom is 0.123 e. The molecule has 0 saturated heterocycles. The van der Waals surface area contributed by atoms with E-state index in [9.17, 15) is 0 Å². The van der Waals surface area contributed by atoms with Gasteiger partial charge in [0.2, 0.25) is 0 Å². The highest BCUT2D eigenvalue weighted by atomic mass is 35.5. The second-order valence-electron chi connectivity index (χ2n) is 3.49. The summed E-state index contributed by atoms with van der Waals surface area (Å²) < 4.78 is 7.33. The normalized spacial score (nSPS) is 9.76. The van der Waals surface area contributed by atoms with Crippen LogP contribution in [0.4, 0.5) is 0 Å². The zero-order valence-electron chi connectivity index (χ0n) is 9.67. The maximum atomic E-state index is 5.60. The van der Waals surface area contributed by atoms with E-state index in [0.29, 0.717) is 6.54 Å². The molecule has 2 N–H and O–H groups in total. The maximum absolute atomic E-state index is 5.60. The van der Waals surface area contributed by atoms with Crippen molar-refractivity contribution >= 4 is 12.4 Å². The van der Waals surface area contributed by atoms with Gasteiger partial charge in [0.25, 0.3) is 0 Å². The number of ether oxygens (including phenoxy) is 1. The van der Waals surface area contributed by atoms with Crippen molar-refractivity contribution in [2.75, 3.05) is 7.11 Å². The Morgan fingerprint density at radius 2 is 2.12 bits per heavy atom. The molecule has 4 nitrogen and oxygen atoms in total. The van der Waals surface area contributed by atoms with Gasteiger partial charge in [0, 0.05) is 18.0 Å². The van der Waals surface area contributed by atoms with Gasteiger partial charge < -0.3 is 15.0 Å². The highest BCUT2D eigenvalue weighted by Gasteiger charge is 2.05. The Kier molecular flexibility index (Phi) is 5.00. The van der Waals surface area contributed by atoms with E-state index in [1.54, 1.807) is 13.3 Å². The minimum atomic E-state index is 0. The number of nitrogens with zero attached hydrogens (tertiary/aromatic N) is 2. The summed E-state index contributed by atoms with van der Waals surface area (Å²) in [6, 6.07) is 7.95. The number of rotatable bonds is 4. The van der Waals surface area contributed by atoms with Gasteiger partial charge in [0.15, 0.2) is 0 Å². The topological polar surface area (TPSA) is 53.1 Å². The molecule has 0 unspecified atom stereocenters. The van der Waals surface area contributed by atoms with E-state index in [4.69, 9.17) is 10.5 Å². The Morgan fingerprint density at radius 3 is 2.82 bits per heavy atom. The van der Waals surface area contributed by atoms with Gasteiger partial charge in [-0.25, -0.2) is 4.98 Å². The second-order valence-corrected chi connectivity index (χ2v) is 3.49. The molecule has 1 aromatic heterocycles. The van der Waals surface area contributed by atoms with E-state index in [1.807, 2.05) is 35.0 Å². The molecule has 2 aromatic rings. The molecule has 1 aromatic carbocycles. The molecule has 2 rings (SSSR count). The number of methoxy groups -OCH3 is 1. The minimum Gasteiger partial charge on any atom is -0.496 e. The molecule has 0 aliphatic rings. The van der Waals surface area contributed by atoms with Crippen LogP contribution in [0.25, 0.3) is 0 Å². The van der Waals surface area contributed by atoms with Crippen molar-refractivity contribution in [3.05, 3.63) is 48.0 Å². The first-order chi connectivity index (χ1) is 7.85. The first-order valence-corrected chi connectivity index (χ1v) is 5.17. The van der Waals surface area contributed by atoms with E-state index in [-0.39, 0.29) is 12.4 Å². The lowest BCUT2D eigenvalue weighted by atomic mass is 10.2. The third-order valence-corrected chi connectivity index (χ3v) is 2.52. The zero-order valence-corrected chi connectivity index (χ0v) is 10.5. The molecular weight excluding hydrogens is 238 g/mol. The van der Waals surface area contributed by atoms with Crippen molar-refractivity contribution in [3.8, 4) is 5.75 Å². The molecule has 0 amide bonds. The zero-order chi connectivity index (χ0) is 11.4. The number of para-hydroxylation sites is 1. The monoisotopic (exact) mass is 253 g/mol. The molecule has 0 radical (unpaired) electrons. The van der Waals surface area contributed by atoms with Crippen LogP contribution in [-0.2, 0) is 13.1 Å². The molecule has 0 aliphatic heterocycles. The van der Waals surface area contributed by atoms with Gasteiger partial charge in [-0.15, -0.1) is 12.4 Å². The van der Waals surface area contributed by atoms with E-state index in [1.165, 1.54) is 0 Å². The third kappa shape index (κ3) is 2.99. The number of benzene rings is 1. The van der Waals surface area contributed by atoms with Gasteiger partial charge in [-0.3, -0.25) is 0 Å².